The van der Waals surface area contributed by atoms with Gasteiger partial charge in [-0.25, -0.2) is 0 Å². The molecule has 0 saturated heterocycles. The van der Waals surface area contributed by atoms with Gasteiger partial charge in [0.05, 0.1) is 0 Å². The molecule has 0 saturated carbocycles. The van der Waals surface area contributed by atoms with Gasteiger partial charge in [0.2, 0.25) is 0 Å². The molecule has 0 fully saturated rings. The van der Waals surface area contributed by atoms with Crippen molar-refractivity contribution in [2.45, 2.75) is 96.8 Å². The second-order valence-corrected chi connectivity index (χ2v) is 5.73. The van der Waals surface area contributed by atoms with Gasteiger partial charge in [0.25, 0.3) is 0 Å². The van der Waals surface area contributed by atoms with Crippen molar-refractivity contribution in [3.63, 3.8) is 0 Å². The molecule has 21 heavy (non-hydrogen) atoms. The number of carbonyl (C=O) groups is 1. The van der Waals surface area contributed by atoms with Crippen LogP contribution in [0.15, 0.2) is 12.2 Å². The van der Waals surface area contributed by atoms with E-state index < -0.39 is 5.97 Å². The van der Waals surface area contributed by atoms with Crippen molar-refractivity contribution in [3.8, 4) is 0 Å². The Bertz CT molecular complexity index is 239. The molecule has 1 N–H and O–H groups in total. The number of carboxylic acids is 1. The molecule has 0 amide bonds. The van der Waals surface area contributed by atoms with Crippen molar-refractivity contribution in [2.24, 2.45) is 0 Å². The summed E-state index contributed by atoms with van der Waals surface area (Å²) >= 11 is 0. The lowest BCUT2D eigenvalue weighted by atomic mass is 10.1. The quantitative estimate of drug-likeness (QED) is 0.265. The zero-order valence-electron chi connectivity index (χ0n) is 13.4. The molecular formula is C18H37AlO2. The van der Waals surface area contributed by atoms with Gasteiger partial charge < -0.3 is 5.11 Å². The maximum absolute atomic E-state index is 10.3. The summed E-state index contributed by atoms with van der Waals surface area (Å²) in [5.74, 6) is -0.664. The van der Waals surface area contributed by atoms with Gasteiger partial charge in [-0.2, -0.15) is 0 Å². The Morgan fingerprint density at radius 1 is 0.762 bits per heavy atom. The van der Waals surface area contributed by atoms with Crippen molar-refractivity contribution >= 4 is 23.3 Å². The molecule has 0 spiro atoms. The first kappa shape index (κ1) is 23.0. The van der Waals surface area contributed by atoms with Crippen LogP contribution in [0.1, 0.15) is 96.8 Å². The summed E-state index contributed by atoms with van der Waals surface area (Å²) in [6, 6.07) is 0. The van der Waals surface area contributed by atoms with Crippen LogP contribution in [0, 0.1) is 0 Å². The summed E-state index contributed by atoms with van der Waals surface area (Å²) in [6.07, 6.45) is 21.2. The van der Waals surface area contributed by atoms with Gasteiger partial charge in [0.15, 0.2) is 17.4 Å². The summed E-state index contributed by atoms with van der Waals surface area (Å²) in [7, 11) is 0. The van der Waals surface area contributed by atoms with E-state index in [-0.39, 0.29) is 17.4 Å². The first-order chi connectivity index (χ1) is 9.77. The Balaban J connectivity index is 0. The van der Waals surface area contributed by atoms with Crippen LogP contribution in [0.5, 0.6) is 0 Å². The number of hydrogen-bond acceptors (Lipinski definition) is 1. The largest absolute Gasteiger partial charge is 0.481 e. The van der Waals surface area contributed by atoms with Crippen LogP contribution in [0.25, 0.3) is 0 Å². The minimum absolute atomic E-state index is 0. The van der Waals surface area contributed by atoms with Gasteiger partial charge in [-0.3, -0.25) is 4.79 Å². The molecule has 0 radical (unpaired) electrons. The average Bonchev–Trinajstić information content (AvgIpc) is 2.43. The van der Waals surface area contributed by atoms with E-state index in [1.54, 1.807) is 0 Å². The van der Waals surface area contributed by atoms with Gasteiger partial charge in [0.1, 0.15) is 0 Å². The van der Waals surface area contributed by atoms with Crippen LogP contribution in [0.4, 0.5) is 0 Å². The molecule has 0 aliphatic carbocycles. The normalized spacial score (nSPS) is 10.7. The highest BCUT2D eigenvalue weighted by molar-refractivity contribution is 5.75. The lowest BCUT2D eigenvalue weighted by Gasteiger charge is -1.99. The highest BCUT2D eigenvalue weighted by atomic mass is 27.0. The molecule has 0 aromatic heterocycles. The third-order valence-corrected chi connectivity index (χ3v) is 3.65. The Hall–Kier alpha value is -0.258. The molecule has 0 aliphatic heterocycles. The average molecular weight is 312 g/mol. The highest BCUT2D eigenvalue weighted by Crippen LogP contribution is 2.09. The van der Waals surface area contributed by atoms with E-state index in [4.69, 9.17) is 5.11 Å². The number of unbranched alkanes of at least 4 members (excludes halogenated alkanes) is 11. The number of allylic oxidation sites excluding steroid dienone is 2. The van der Waals surface area contributed by atoms with Crippen molar-refractivity contribution in [2.75, 3.05) is 0 Å². The first-order valence-electron chi connectivity index (χ1n) is 8.64. The van der Waals surface area contributed by atoms with Crippen molar-refractivity contribution in [1.82, 2.24) is 0 Å². The van der Waals surface area contributed by atoms with Crippen LogP contribution in [-0.4, -0.2) is 28.4 Å². The Labute approximate surface area is 142 Å². The van der Waals surface area contributed by atoms with E-state index in [1.807, 2.05) is 0 Å². The molecule has 2 nitrogen and oxygen atoms in total. The van der Waals surface area contributed by atoms with Gasteiger partial charge in [-0.05, 0) is 32.1 Å². The summed E-state index contributed by atoms with van der Waals surface area (Å²) in [4.78, 5) is 10.3. The number of aliphatic carboxylic acids is 1. The fourth-order valence-corrected chi connectivity index (χ4v) is 2.35. The van der Waals surface area contributed by atoms with Gasteiger partial charge in [-0.15, -0.1) is 0 Å². The zero-order chi connectivity index (χ0) is 14.9. The third-order valence-electron chi connectivity index (χ3n) is 3.65. The van der Waals surface area contributed by atoms with Crippen LogP contribution in [-0.2, 0) is 4.79 Å². The molecule has 0 unspecified atom stereocenters. The Morgan fingerprint density at radius 2 is 1.19 bits per heavy atom. The minimum Gasteiger partial charge on any atom is -0.481 e. The molecule has 0 rings (SSSR count). The molecular weight excluding hydrogens is 275 g/mol. The first-order valence-corrected chi connectivity index (χ1v) is 8.64. The van der Waals surface area contributed by atoms with Crippen LogP contribution in [0.2, 0.25) is 0 Å². The minimum atomic E-state index is -0.664. The third kappa shape index (κ3) is 22.2. The predicted octanol–water partition coefficient (Wildman–Crippen LogP) is 4.92. The van der Waals surface area contributed by atoms with Crippen LogP contribution >= 0.6 is 0 Å². The second-order valence-electron chi connectivity index (χ2n) is 5.73. The van der Waals surface area contributed by atoms with E-state index in [1.165, 1.54) is 70.6 Å². The lowest BCUT2D eigenvalue weighted by molar-refractivity contribution is -0.137. The van der Waals surface area contributed by atoms with Gasteiger partial charge in [-0.1, -0.05) is 70.4 Å². The highest BCUT2D eigenvalue weighted by Gasteiger charge is 1.95. The molecule has 0 atom stereocenters. The van der Waals surface area contributed by atoms with E-state index in [9.17, 15) is 4.79 Å². The number of rotatable bonds is 15. The second kappa shape index (κ2) is 19.7. The SMILES string of the molecule is CCCCCCCC/C=C\CCCCCCCC(=O)O.[AlH3]. The summed E-state index contributed by atoms with van der Waals surface area (Å²) in [6.45, 7) is 2.26. The molecule has 0 bridgehead atoms. The van der Waals surface area contributed by atoms with E-state index >= 15 is 0 Å². The zero-order valence-corrected chi connectivity index (χ0v) is 13.4. The van der Waals surface area contributed by atoms with E-state index in [0.717, 1.165) is 12.8 Å². The fourth-order valence-electron chi connectivity index (χ4n) is 2.35. The molecule has 0 aromatic carbocycles. The van der Waals surface area contributed by atoms with Crippen molar-refractivity contribution in [1.29, 1.82) is 0 Å². The van der Waals surface area contributed by atoms with Crippen molar-refractivity contribution in [3.05, 3.63) is 12.2 Å². The summed E-state index contributed by atoms with van der Waals surface area (Å²) < 4.78 is 0. The molecule has 3 heteroatoms. The van der Waals surface area contributed by atoms with Crippen molar-refractivity contribution < 1.29 is 9.90 Å². The number of carboxylic acid groups (broad SMARTS) is 1. The monoisotopic (exact) mass is 312 g/mol. The summed E-state index contributed by atoms with van der Waals surface area (Å²) in [5.41, 5.74) is 0. The predicted molar refractivity (Wildman–Crippen MR) is 97.0 cm³/mol. The topological polar surface area (TPSA) is 37.3 Å². The van der Waals surface area contributed by atoms with Gasteiger partial charge >= 0.3 is 5.97 Å². The lowest BCUT2D eigenvalue weighted by Crippen LogP contribution is -1.93. The Morgan fingerprint density at radius 3 is 1.67 bits per heavy atom. The molecule has 0 aliphatic rings. The molecule has 0 heterocycles. The summed E-state index contributed by atoms with van der Waals surface area (Å²) in [5, 5.41) is 8.51. The van der Waals surface area contributed by atoms with E-state index in [0.29, 0.717) is 6.42 Å². The maximum atomic E-state index is 10.3. The van der Waals surface area contributed by atoms with E-state index in [2.05, 4.69) is 19.1 Å². The smallest absolute Gasteiger partial charge is 0.303 e. The standard InChI is InChI=1S/C18H34O2.Al.3H/c1-2-3-4-5-6-7-8-9-10-11-12-13-14-15-16-17-18(19)20;;;;/h9-10H,2-8,11-17H2,1H3,(H,19,20);;;;/b10-9-;;;;. The van der Waals surface area contributed by atoms with Gasteiger partial charge in [0, 0.05) is 6.42 Å². The number of hydrogen-bond donors (Lipinski definition) is 1. The van der Waals surface area contributed by atoms with Crippen LogP contribution in [0.3, 0.4) is 0 Å². The maximum Gasteiger partial charge on any atom is 0.303 e. The Kier molecular flexibility index (Phi) is 21.6. The fraction of sp³-hybridized carbons (Fsp3) is 0.833. The molecule has 0 aromatic rings. The molecule has 124 valence electrons. The van der Waals surface area contributed by atoms with Crippen LogP contribution < -0.4 is 0 Å².